The average Bonchev–Trinajstić information content (AvgIpc) is 3.24. The molecule has 4 rings (SSSR count). The highest BCUT2D eigenvalue weighted by Crippen LogP contribution is 2.29. The monoisotopic (exact) mass is 329 g/mol. The zero-order chi connectivity index (χ0) is 16.5. The van der Waals surface area contributed by atoms with Crippen LogP contribution in [0.2, 0.25) is 0 Å². The number of ether oxygens (including phenoxy) is 2. The number of benzene rings is 1. The molecule has 0 radical (unpaired) electrons. The van der Waals surface area contributed by atoms with Crippen molar-refractivity contribution >= 4 is 22.7 Å². The summed E-state index contributed by atoms with van der Waals surface area (Å²) in [6, 6.07) is 7.26. The molecule has 1 unspecified atom stereocenters. The summed E-state index contributed by atoms with van der Waals surface area (Å²) in [6.45, 7) is 0.689. The van der Waals surface area contributed by atoms with E-state index >= 15 is 0 Å². The van der Waals surface area contributed by atoms with Gasteiger partial charge in [-0.05, 0) is 37.1 Å². The molecular formula is C16H16FN5O2. The van der Waals surface area contributed by atoms with Crippen molar-refractivity contribution in [2.24, 2.45) is 0 Å². The van der Waals surface area contributed by atoms with Gasteiger partial charge in [0.25, 0.3) is 0 Å². The highest BCUT2D eigenvalue weighted by molar-refractivity contribution is 5.85. The van der Waals surface area contributed by atoms with Gasteiger partial charge in [0, 0.05) is 12.3 Å². The minimum Gasteiger partial charge on any atom is -0.497 e. The second-order valence-electron chi connectivity index (χ2n) is 5.49. The van der Waals surface area contributed by atoms with Gasteiger partial charge in [-0.15, -0.1) is 0 Å². The van der Waals surface area contributed by atoms with Crippen LogP contribution in [0.4, 0.5) is 15.9 Å². The van der Waals surface area contributed by atoms with Crippen LogP contribution in [-0.2, 0) is 4.74 Å². The predicted molar refractivity (Wildman–Crippen MR) is 85.8 cm³/mol. The van der Waals surface area contributed by atoms with Crippen LogP contribution < -0.4 is 10.1 Å². The number of aromatic nitrogens is 4. The van der Waals surface area contributed by atoms with Crippen LogP contribution in [0.3, 0.4) is 0 Å². The number of rotatable bonds is 4. The van der Waals surface area contributed by atoms with Crippen molar-refractivity contribution in [2.75, 3.05) is 19.0 Å². The van der Waals surface area contributed by atoms with Gasteiger partial charge in [0.2, 0.25) is 0 Å². The van der Waals surface area contributed by atoms with Crippen LogP contribution in [0.15, 0.2) is 30.6 Å². The molecule has 1 N–H and O–H groups in total. The second kappa shape index (κ2) is 6.04. The number of anilines is 2. The Morgan fingerprint density at radius 3 is 2.83 bits per heavy atom. The lowest BCUT2D eigenvalue weighted by Crippen LogP contribution is -2.08. The molecule has 2 aromatic heterocycles. The van der Waals surface area contributed by atoms with Crippen molar-refractivity contribution in [3.63, 3.8) is 0 Å². The molecule has 0 amide bonds. The molecule has 3 heterocycles. The van der Waals surface area contributed by atoms with Gasteiger partial charge in [-0.2, -0.15) is 14.4 Å². The Morgan fingerprint density at radius 2 is 2.12 bits per heavy atom. The van der Waals surface area contributed by atoms with E-state index < -0.39 is 6.08 Å². The van der Waals surface area contributed by atoms with Gasteiger partial charge in [0.05, 0.1) is 13.4 Å². The molecule has 24 heavy (non-hydrogen) atoms. The number of imidazole rings is 1. The number of nitrogens with one attached hydrogen (secondary N) is 1. The first-order valence-corrected chi connectivity index (χ1v) is 7.67. The Morgan fingerprint density at radius 1 is 1.29 bits per heavy atom. The summed E-state index contributed by atoms with van der Waals surface area (Å²) >= 11 is 0. The van der Waals surface area contributed by atoms with Crippen molar-refractivity contribution < 1.29 is 13.9 Å². The molecule has 1 atom stereocenters. The number of hydrogen-bond donors (Lipinski definition) is 1. The molecule has 0 saturated carbocycles. The molecule has 124 valence electrons. The van der Waals surface area contributed by atoms with Gasteiger partial charge in [-0.1, -0.05) is 0 Å². The predicted octanol–water partition coefficient (Wildman–Crippen LogP) is 3.03. The third kappa shape index (κ3) is 2.65. The highest BCUT2D eigenvalue weighted by Gasteiger charge is 2.22. The molecule has 1 saturated heterocycles. The maximum absolute atomic E-state index is 13.9. The van der Waals surface area contributed by atoms with E-state index in [0.29, 0.717) is 23.6 Å². The molecule has 1 fully saturated rings. The van der Waals surface area contributed by atoms with E-state index in [-0.39, 0.29) is 6.23 Å². The summed E-state index contributed by atoms with van der Waals surface area (Å²) in [5, 5.41) is 3.08. The Labute approximate surface area is 137 Å². The third-order valence-corrected chi connectivity index (χ3v) is 3.96. The Bertz CT molecular complexity index is 859. The van der Waals surface area contributed by atoms with E-state index in [2.05, 4.69) is 20.3 Å². The molecule has 0 aliphatic carbocycles. The summed E-state index contributed by atoms with van der Waals surface area (Å²) in [7, 11) is 1.60. The SMILES string of the molecule is COc1ccc(Nc2nc(F)nc3c2ncn3C2CCCO2)cc1. The van der Waals surface area contributed by atoms with Crippen LogP contribution in [-0.4, -0.2) is 33.2 Å². The molecule has 1 aliphatic rings. The van der Waals surface area contributed by atoms with E-state index in [1.165, 1.54) is 0 Å². The fraction of sp³-hybridized carbons (Fsp3) is 0.312. The first-order chi connectivity index (χ1) is 11.7. The van der Waals surface area contributed by atoms with E-state index in [1.807, 2.05) is 24.3 Å². The molecule has 3 aromatic rings. The number of nitrogens with zero attached hydrogens (tertiary/aromatic N) is 4. The minimum atomic E-state index is -0.807. The summed E-state index contributed by atoms with van der Waals surface area (Å²) in [6.07, 6.45) is 2.48. The molecule has 8 heteroatoms. The Balaban J connectivity index is 1.71. The van der Waals surface area contributed by atoms with Crippen LogP contribution >= 0.6 is 0 Å². The highest BCUT2D eigenvalue weighted by atomic mass is 19.1. The normalized spacial score (nSPS) is 17.3. The van der Waals surface area contributed by atoms with Crippen LogP contribution in [0.5, 0.6) is 5.75 Å². The average molecular weight is 329 g/mol. The standard InChI is InChI=1S/C16H16FN5O2/c1-23-11-6-4-10(5-7-11)19-14-13-15(21-16(17)20-14)22(9-18-13)12-3-2-8-24-12/h4-7,9,12H,2-3,8H2,1H3,(H,19,20,21). The molecule has 0 spiro atoms. The fourth-order valence-corrected chi connectivity index (χ4v) is 2.78. The molecule has 1 aromatic carbocycles. The quantitative estimate of drug-likeness (QED) is 0.742. The van der Waals surface area contributed by atoms with E-state index in [1.54, 1.807) is 18.0 Å². The lowest BCUT2D eigenvalue weighted by atomic mass is 10.3. The number of fused-ring (bicyclic) bond motifs is 1. The largest absolute Gasteiger partial charge is 0.497 e. The molecule has 7 nitrogen and oxygen atoms in total. The van der Waals surface area contributed by atoms with Crippen molar-refractivity contribution in [1.82, 2.24) is 19.5 Å². The van der Waals surface area contributed by atoms with E-state index in [4.69, 9.17) is 9.47 Å². The van der Waals surface area contributed by atoms with Gasteiger partial charge in [0.1, 0.15) is 12.0 Å². The lowest BCUT2D eigenvalue weighted by molar-refractivity contribution is 0.0592. The zero-order valence-corrected chi connectivity index (χ0v) is 13.1. The minimum absolute atomic E-state index is 0.155. The smallest absolute Gasteiger partial charge is 0.312 e. The van der Waals surface area contributed by atoms with Crippen LogP contribution in [0.25, 0.3) is 11.2 Å². The number of methoxy groups -OCH3 is 1. The van der Waals surface area contributed by atoms with Gasteiger partial charge >= 0.3 is 6.08 Å². The first-order valence-electron chi connectivity index (χ1n) is 7.67. The second-order valence-corrected chi connectivity index (χ2v) is 5.49. The van der Waals surface area contributed by atoms with Crippen molar-refractivity contribution in [1.29, 1.82) is 0 Å². The van der Waals surface area contributed by atoms with E-state index in [0.717, 1.165) is 24.3 Å². The molecule has 0 bridgehead atoms. The van der Waals surface area contributed by atoms with Crippen molar-refractivity contribution in [3.8, 4) is 5.75 Å². The van der Waals surface area contributed by atoms with E-state index in [9.17, 15) is 4.39 Å². The maximum atomic E-state index is 13.9. The zero-order valence-electron chi connectivity index (χ0n) is 13.1. The van der Waals surface area contributed by atoms with Crippen molar-refractivity contribution in [3.05, 3.63) is 36.7 Å². The van der Waals surface area contributed by atoms with Gasteiger partial charge in [-0.25, -0.2) is 4.98 Å². The summed E-state index contributed by atoms with van der Waals surface area (Å²) < 4.78 is 26.4. The molecule has 1 aliphatic heterocycles. The Hall–Kier alpha value is -2.74. The first kappa shape index (κ1) is 14.8. The Kier molecular flexibility index (Phi) is 3.73. The van der Waals surface area contributed by atoms with Gasteiger partial charge < -0.3 is 14.8 Å². The summed E-state index contributed by atoms with van der Waals surface area (Å²) in [4.78, 5) is 12.1. The van der Waals surface area contributed by atoms with Gasteiger partial charge in [0.15, 0.2) is 17.0 Å². The number of hydrogen-bond acceptors (Lipinski definition) is 6. The number of halogens is 1. The van der Waals surface area contributed by atoms with Crippen LogP contribution in [0.1, 0.15) is 19.1 Å². The summed E-state index contributed by atoms with van der Waals surface area (Å²) in [5.74, 6) is 1.06. The molecular weight excluding hydrogens is 313 g/mol. The third-order valence-electron chi connectivity index (χ3n) is 3.96. The van der Waals surface area contributed by atoms with Gasteiger partial charge in [-0.3, -0.25) is 4.57 Å². The fourth-order valence-electron chi connectivity index (χ4n) is 2.78. The topological polar surface area (TPSA) is 74.1 Å². The lowest BCUT2D eigenvalue weighted by Gasteiger charge is -2.12. The van der Waals surface area contributed by atoms with Crippen LogP contribution in [0, 0.1) is 6.08 Å². The summed E-state index contributed by atoms with van der Waals surface area (Å²) in [5.41, 5.74) is 1.68. The van der Waals surface area contributed by atoms with Crippen molar-refractivity contribution in [2.45, 2.75) is 19.1 Å². The maximum Gasteiger partial charge on any atom is 0.312 e.